The van der Waals surface area contributed by atoms with Crippen LogP contribution in [0.15, 0.2) is 18.2 Å². The quantitative estimate of drug-likeness (QED) is 0.779. The summed E-state index contributed by atoms with van der Waals surface area (Å²) >= 11 is 0. The maximum absolute atomic E-state index is 10.2. The average molecular weight is 251 g/mol. The van der Waals surface area contributed by atoms with E-state index in [9.17, 15) is 5.11 Å². The molecule has 1 atom stereocenters. The minimum Gasteiger partial charge on any atom is -0.395 e. The van der Waals surface area contributed by atoms with Crippen molar-refractivity contribution in [1.82, 2.24) is 4.90 Å². The Bertz CT molecular complexity index is 345. The molecule has 0 bridgehead atoms. The Morgan fingerprint density at radius 3 is 2.22 bits per heavy atom. The average Bonchev–Trinajstić information content (AvgIpc) is 2.32. The zero-order valence-corrected chi connectivity index (χ0v) is 11.7. The van der Waals surface area contributed by atoms with E-state index in [4.69, 9.17) is 5.11 Å². The van der Waals surface area contributed by atoms with Crippen molar-refractivity contribution in [3.05, 3.63) is 34.9 Å². The van der Waals surface area contributed by atoms with Crippen LogP contribution >= 0.6 is 0 Å². The molecule has 3 nitrogen and oxygen atoms in total. The first kappa shape index (κ1) is 15.2. The third kappa shape index (κ3) is 4.77. The van der Waals surface area contributed by atoms with Crippen molar-refractivity contribution in [2.75, 3.05) is 26.2 Å². The topological polar surface area (TPSA) is 43.7 Å². The number of likely N-dealkylation sites (N-methyl/N-ethyl adjacent to an activating group) is 1. The van der Waals surface area contributed by atoms with Crippen LogP contribution in [0.5, 0.6) is 0 Å². The van der Waals surface area contributed by atoms with Crippen LogP contribution in [0, 0.1) is 13.8 Å². The van der Waals surface area contributed by atoms with Gasteiger partial charge in [0.1, 0.15) is 0 Å². The molecular formula is C15H25NO2. The molecule has 0 aliphatic heterocycles. The molecule has 0 saturated heterocycles. The van der Waals surface area contributed by atoms with Gasteiger partial charge in [-0.3, -0.25) is 0 Å². The highest BCUT2D eigenvalue weighted by Gasteiger charge is 2.10. The number of rotatable bonds is 7. The number of hydrogen-bond acceptors (Lipinski definition) is 3. The highest BCUT2D eigenvalue weighted by molar-refractivity contribution is 5.29. The molecule has 18 heavy (non-hydrogen) atoms. The van der Waals surface area contributed by atoms with Crippen molar-refractivity contribution in [2.45, 2.75) is 33.3 Å². The molecule has 0 aliphatic carbocycles. The van der Waals surface area contributed by atoms with Crippen LogP contribution in [0.3, 0.4) is 0 Å². The highest BCUT2D eigenvalue weighted by Crippen LogP contribution is 2.20. The number of aliphatic hydroxyl groups excluding tert-OH is 2. The van der Waals surface area contributed by atoms with Crippen LogP contribution < -0.4 is 0 Å². The molecule has 3 heteroatoms. The summed E-state index contributed by atoms with van der Waals surface area (Å²) in [5, 5.41) is 19.1. The number of nitrogens with zero attached hydrogens (tertiary/aromatic N) is 1. The molecule has 0 fully saturated rings. The Morgan fingerprint density at radius 1 is 1.11 bits per heavy atom. The van der Waals surface area contributed by atoms with Crippen molar-refractivity contribution in [3.8, 4) is 0 Å². The van der Waals surface area contributed by atoms with Crippen molar-refractivity contribution >= 4 is 0 Å². The molecule has 0 radical (unpaired) electrons. The molecule has 0 spiro atoms. The smallest absolute Gasteiger partial charge is 0.0802 e. The third-order valence-electron chi connectivity index (χ3n) is 3.21. The van der Waals surface area contributed by atoms with Crippen LogP contribution in [0.25, 0.3) is 0 Å². The van der Waals surface area contributed by atoms with Gasteiger partial charge in [0.05, 0.1) is 12.7 Å². The fourth-order valence-corrected chi connectivity index (χ4v) is 2.24. The van der Waals surface area contributed by atoms with Gasteiger partial charge in [0.2, 0.25) is 0 Å². The Morgan fingerprint density at radius 2 is 1.72 bits per heavy atom. The van der Waals surface area contributed by atoms with Crippen molar-refractivity contribution in [3.63, 3.8) is 0 Å². The molecule has 0 aliphatic rings. The normalized spacial score (nSPS) is 13.0. The highest BCUT2D eigenvalue weighted by atomic mass is 16.3. The van der Waals surface area contributed by atoms with E-state index in [0.29, 0.717) is 13.0 Å². The van der Waals surface area contributed by atoms with Crippen LogP contribution in [0.2, 0.25) is 0 Å². The van der Waals surface area contributed by atoms with E-state index in [1.165, 1.54) is 11.1 Å². The van der Waals surface area contributed by atoms with Gasteiger partial charge < -0.3 is 15.1 Å². The van der Waals surface area contributed by atoms with E-state index >= 15 is 0 Å². The van der Waals surface area contributed by atoms with Crippen molar-refractivity contribution in [1.29, 1.82) is 0 Å². The first-order chi connectivity index (χ1) is 8.56. The van der Waals surface area contributed by atoms with Gasteiger partial charge in [0, 0.05) is 13.1 Å². The largest absolute Gasteiger partial charge is 0.395 e. The summed E-state index contributed by atoms with van der Waals surface area (Å²) in [5.74, 6) is 0. The molecule has 0 aromatic heterocycles. The van der Waals surface area contributed by atoms with Crippen molar-refractivity contribution in [2.24, 2.45) is 0 Å². The number of benzene rings is 1. The van der Waals surface area contributed by atoms with Gasteiger partial charge in [-0.2, -0.15) is 0 Å². The van der Waals surface area contributed by atoms with Crippen LogP contribution in [0.1, 0.15) is 36.1 Å². The van der Waals surface area contributed by atoms with Crippen LogP contribution in [-0.4, -0.2) is 41.4 Å². The lowest BCUT2D eigenvalue weighted by atomic mass is 10.0. The first-order valence-electron chi connectivity index (χ1n) is 6.66. The number of aryl methyl sites for hydroxylation is 2. The lowest BCUT2D eigenvalue weighted by Gasteiger charge is -2.21. The lowest BCUT2D eigenvalue weighted by molar-refractivity contribution is 0.133. The molecule has 1 rings (SSSR count). The molecule has 0 saturated carbocycles. The van der Waals surface area contributed by atoms with Gasteiger partial charge in [-0.1, -0.05) is 36.2 Å². The van der Waals surface area contributed by atoms with Gasteiger partial charge in [0.25, 0.3) is 0 Å². The Kier molecular flexibility index (Phi) is 6.33. The molecular weight excluding hydrogens is 226 g/mol. The second kappa shape index (κ2) is 7.52. The maximum atomic E-state index is 10.2. The van der Waals surface area contributed by atoms with E-state index in [1.807, 2.05) is 26.0 Å². The molecule has 1 aromatic carbocycles. The van der Waals surface area contributed by atoms with E-state index in [1.54, 1.807) is 0 Å². The van der Waals surface area contributed by atoms with Gasteiger partial charge in [0.15, 0.2) is 0 Å². The zero-order chi connectivity index (χ0) is 13.5. The Hall–Kier alpha value is -0.900. The molecule has 0 amide bonds. The Balaban J connectivity index is 2.56. The zero-order valence-electron chi connectivity index (χ0n) is 11.7. The van der Waals surface area contributed by atoms with E-state index in [0.717, 1.165) is 18.7 Å². The molecule has 1 unspecified atom stereocenters. The minimum atomic E-state index is -0.420. The second-order valence-electron chi connectivity index (χ2n) is 4.88. The van der Waals surface area contributed by atoms with Crippen LogP contribution in [-0.2, 0) is 0 Å². The fourth-order valence-electron chi connectivity index (χ4n) is 2.24. The predicted molar refractivity (Wildman–Crippen MR) is 74.7 cm³/mol. The lowest BCUT2D eigenvalue weighted by Crippen LogP contribution is -2.28. The van der Waals surface area contributed by atoms with Gasteiger partial charge in [-0.25, -0.2) is 0 Å². The summed E-state index contributed by atoms with van der Waals surface area (Å²) in [5.41, 5.74) is 3.37. The standard InChI is InChI=1S/C15H25NO2/c1-4-16(7-8-17)6-5-15(18)14-10-12(2)9-13(3)11-14/h9-11,15,17-18H,4-8H2,1-3H3. The molecule has 2 N–H and O–H groups in total. The molecule has 0 heterocycles. The summed E-state index contributed by atoms with van der Waals surface area (Å²) in [6.07, 6.45) is 0.285. The minimum absolute atomic E-state index is 0.174. The number of aliphatic hydroxyl groups is 2. The van der Waals surface area contributed by atoms with Gasteiger partial charge in [-0.05, 0) is 32.4 Å². The maximum Gasteiger partial charge on any atom is 0.0802 e. The monoisotopic (exact) mass is 251 g/mol. The van der Waals surface area contributed by atoms with Crippen molar-refractivity contribution < 1.29 is 10.2 Å². The van der Waals surface area contributed by atoms with E-state index in [2.05, 4.69) is 17.9 Å². The van der Waals surface area contributed by atoms with Crippen LogP contribution in [0.4, 0.5) is 0 Å². The summed E-state index contributed by atoms with van der Waals surface area (Å²) in [7, 11) is 0. The number of hydrogen-bond donors (Lipinski definition) is 2. The summed E-state index contributed by atoms with van der Waals surface area (Å²) in [4.78, 5) is 2.14. The summed E-state index contributed by atoms with van der Waals surface area (Å²) < 4.78 is 0. The summed E-state index contributed by atoms with van der Waals surface area (Å²) in [6.45, 7) is 8.73. The first-order valence-corrected chi connectivity index (χ1v) is 6.66. The fraction of sp³-hybridized carbons (Fsp3) is 0.600. The SMILES string of the molecule is CCN(CCO)CCC(O)c1cc(C)cc(C)c1. The third-order valence-corrected chi connectivity index (χ3v) is 3.21. The molecule has 1 aromatic rings. The van der Waals surface area contributed by atoms with E-state index < -0.39 is 6.10 Å². The second-order valence-corrected chi connectivity index (χ2v) is 4.88. The van der Waals surface area contributed by atoms with Gasteiger partial charge >= 0.3 is 0 Å². The molecule has 102 valence electrons. The summed E-state index contributed by atoms with van der Waals surface area (Å²) in [6, 6.07) is 6.19. The van der Waals surface area contributed by atoms with E-state index in [-0.39, 0.29) is 6.61 Å². The Labute approximate surface area is 110 Å². The van der Waals surface area contributed by atoms with Gasteiger partial charge in [-0.15, -0.1) is 0 Å². The predicted octanol–water partition coefficient (Wildman–Crippen LogP) is 2.04.